The number of rotatable bonds is 7. The van der Waals surface area contributed by atoms with Gasteiger partial charge in [-0.15, -0.1) is 0 Å². The first kappa shape index (κ1) is 17.1. The van der Waals surface area contributed by atoms with Crippen molar-refractivity contribution in [2.75, 3.05) is 0 Å². The third-order valence-corrected chi connectivity index (χ3v) is 5.69. The average Bonchev–Trinajstić information content (AvgIpc) is 2.95. The summed E-state index contributed by atoms with van der Waals surface area (Å²) >= 11 is 0. The molecule has 1 aliphatic heterocycles. The second-order valence-electron chi connectivity index (χ2n) is 7.92. The summed E-state index contributed by atoms with van der Waals surface area (Å²) in [4.78, 5) is 0. The highest BCUT2D eigenvalue weighted by Crippen LogP contribution is 2.58. The Kier molecular flexibility index (Phi) is 5.25. The molecule has 0 amide bonds. The van der Waals surface area contributed by atoms with Crippen molar-refractivity contribution in [2.45, 2.75) is 90.7 Å². The minimum atomic E-state index is -0.200. The Morgan fingerprint density at radius 1 is 1.00 bits per heavy atom. The first-order valence-electron chi connectivity index (χ1n) is 8.82. The Balaban J connectivity index is 1.78. The Morgan fingerprint density at radius 2 is 1.62 bits per heavy atom. The molecule has 1 aliphatic carbocycles. The van der Waals surface area contributed by atoms with Gasteiger partial charge in [-0.05, 0) is 52.4 Å². The van der Waals surface area contributed by atoms with E-state index in [1.807, 2.05) is 0 Å². The van der Waals surface area contributed by atoms with Gasteiger partial charge in [-0.1, -0.05) is 45.3 Å². The van der Waals surface area contributed by atoms with Crippen LogP contribution in [-0.2, 0) is 9.31 Å². The lowest BCUT2D eigenvalue weighted by Gasteiger charge is -2.32. The minimum Gasteiger partial charge on any atom is -0.403 e. The molecule has 1 heterocycles. The molecule has 3 atom stereocenters. The van der Waals surface area contributed by atoms with Crippen LogP contribution in [0.2, 0.25) is 5.82 Å². The summed E-state index contributed by atoms with van der Waals surface area (Å²) in [5.41, 5.74) is -0.400. The molecule has 21 heavy (non-hydrogen) atoms. The van der Waals surface area contributed by atoms with Crippen LogP contribution in [0, 0.1) is 11.8 Å². The van der Waals surface area contributed by atoms with Crippen LogP contribution in [0.4, 0.5) is 0 Å². The van der Waals surface area contributed by atoms with Gasteiger partial charge in [0, 0.05) is 5.82 Å². The number of unbranched alkanes of at least 4 members (excludes halogenated alkanes) is 4. The molecule has 0 aromatic heterocycles. The summed E-state index contributed by atoms with van der Waals surface area (Å²) in [6, 6.07) is 0. The Labute approximate surface area is 131 Å². The monoisotopic (exact) mass is 292 g/mol. The van der Waals surface area contributed by atoms with Crippen LogP contribution in [0.25, 0.3) is 0 Å². The zero-order valence-corrected chi connectivity index (χ0v) is 14.8. The fourth-order valence-electron chi connectivity index (χ4n) is 3.25. The standard InChI is InChI=1S/C18H33BO2/c1-7-8-9-10-11-12-13-15-14(2)16(15)19-20-17(3,4)18(5,6)21-19/h12-16H,7-11H2,1-6H3/b13-12+/t14-,15+,16+/m1/s1. The van der Waals surface area contributed by atoms with E-state index in [9.17, 15) is 0 Å². The van der Waals surface area contributed by atoms with E-state index in [0.29, 0.717) is 17.7 Å². The van der Waals surface area contributed by atoms with Crippen LogP contribution < -0.4 is 0 Å². The third-order valence-electron chi connectivity index (χ3n) is 5.69. The SMILES string of the molecule is CCCCCC/C=C/[C@H]1[C@@H](C)[C@@H]1B1OC(C)(C)C(C)(C)O1. The highest BCUT2D eigenvalue weighted by Gasteiger charge is 2.62. The zero-order valence-electron chi connectivity index (χ0n) is 14.8. The maximum absolute atomic E-state index is 6.19. The van der Waals surface area contributed by atoms with Crippen molar-refractivity contribution in [3.63, 3.8) is 0 Å². The predicted octanol–water partition coefficient (Wildman–Crippen LogP) is 5.24. The molecule has 0 radical (unpaired) electrons. The molecular formula is C18H33BO2. The van der Waals surface area contributed by atoms with Crippen molar-refractivity contribution in [3.8, 4) is 0 Å². The van der Waals surface area contributed by atoms with E-state index in [2.05, 4.69) is 53.7 Å². The van der Waals surface area contributed by atoms with E-state index >= 15 is 0 Å². The van der Waals surface area contributed by atoms with Gasteiger partial charge in [0.15, 0.2) is 0 Å². The molecule has 1 saturated heterocycles. The molecule has 2 rings (SSSR count). The summed E-state index contributed by atoms with van der Waals surface area (Å²) in [6.45, 7) is 13.1. The van der Waals surface area contributed by atoms with Gasteiger partial charge in [-0.25, -0.2) is 0 Å². The van der Waals surface area contributed by atoms with E-state index in [1.54, 1.807) is 0 Å². The van der Waals surface area contributed by atoms with E-state index in [-0.39, 0.29) is 18.3 Å². The van der Waals surface area contributed by atoms with Crippen molar-refractivity contribution in [3.05, 3.63) is 12.2 Å². The van der Waals surface area contributed by atoms with Crippen molar-refractivity contribution >= 4 is 7.12 Å². The summed E-state index contributed by atoms with van der Waals surface area (Å²) in [5.74, 6) is 1.87. The second-order valence-corrected chi connectivity index (χ2v) is 7.92. The predicted molar refractivity (Wildman–Crippen MR) is 90.4 cm³/mol. The van der Waals surface area contributed by atoms with Gasteiger partial charge in [-0.2, -0.15) is 0 Å². The summed E-state index contributed by atoms with van der Waals surface area (Å²) in [7, 11) is -0.0280. The van der Waals surface area contributed by atoms with E-state index in [0.717, 1.165) is 0 Å². The van der Waals surface area contributed by atoms with Crippen LogP contribution in [0.5, 0.6) is 0 Å². The first-order chi connectivity index (χ1) is 9.80. The molecular weight excluding hydrogens is 259 g/mol. The molecule has 2 fully saturated rings. The fraction of sp³-hybridized carbons (Fsp3) is 0.889. The Hall–Kier alpha value is -0.275. The summed E-state index contributed by atoms with van der Waals surface area (Å²) in [5, 5.41) is 0. The molecule has 120 valence electrons. The molecule has 0 spiro atoms. The zero-order chi connectivity index (χ0) is 15.7. The second kappa shape index (κ2) is 6.46. The van der Waals surface area contributed by atoms with Crippen molar-refractivity contribution in [1.82, 2.24) is 0 Å². The number of hydrogen-bond acceptors (Lipinski definition) is 2. The molecule has 0 aromatic carbocycles. The molecule has 1 saturated carbocycles. The number of hydrogen-bond donors (Lipinski definition) is 0. The van der Waals surface area contributed by atoms with Gasteiger partial charge in [0.2, 0.25) is 0 Å². The molecule has 0 N–H and O–H groups in total. The normalized spacial score (nSPS) is 33.8. The van der Waals surface area contributed by atoms with Crippen LogP contribution in [0.3, 0.4) is 0 Å². The quantitative estimate of drug-likeness (QED) is 0.363. The smallest absolute Gasteiger partial charge is 0.403 e. The van der Waals surface area contributed by atoms with Gasteiger partial charge >= 0.3 is 7.12 Å². The molecule has 2 nitrogen and oxygen atoms in total. The summed E-state index contributed by atoms with van der Waals surface area (Å²) < 4.78 is 12.4. The molecule has 0 aromatic rings. The van der Waals surface area contributed by atoms with Crippen molar-refractivity contribution in [2.24, 2.45) is 11.8 Å². The maximum atomic E-state index is 6.19. The van der Waals surface area contributed by atoms with Crippen LogP contribution in [0.1, 0.15) is 73.6 Å². The van der Waals surface area contributed by atoms with Gasteiger partial charge in [0.05, 0.1) is 11.2 Å². The van der Waals surface area contributed by atoms with Crippen LogP contribution >= 0.6 is 0 Å². The minimum absolute atomic E-state index is 0.0280. The van der Waals surface area contributed by atoms with Gasteiger partial charge < -0.3 is 9.31 Å². The molecule has 2 aliphatic rings. The third kappa shape index (κ3) is 3.74. The van der Waals surface area contributed by atoms with Gasteiger partial charge in [0.1, 0.15) is 0 Å². The highest BCUT2D eigenvalue weighted by molar-refractivity contribution is 6.49. The maximum Gasteiger partial charge on any atom is 0.462 e. The Bertz CT molecular complexity index is 359. The number of allylic oxidation sites excluding steroid dienone is 2. The molecule has 3 heteroatoms. The lowest BCUT2D eigenvalue weighted by molar-refractivity contribution is 0.00578. The van der Waals surface area contributed by atoms with Crippen molar-refractivity contribution in [1.29, 1.82) is 0 Å². The van der Waals surface area contributed by atoms with Crippen LogP contribution in [-0.4, -0.2) is 18.3 Å². The van der Waals surface area contributed by atoms with Crippen LogP contribution in [0.15, 0.2) is 12.2 Å². The lowest BCUT2D eigenvalue weighted by atomic mass is 9.79. The first-order valence-corrected chi connectivity index (χ1v) is 8.82. The largest absolute Gasteiger partial charge is 0.462 e. The lowest BCUT2D eigenvalue weighted by Crippen LogP contribution is -2.41. The topological polar surface area (TPSA) is 18.5 Å². The van der Waals surface area contributed by atoms with Crippen molar-refractivity contribution < 1.29 is 9.31 Å². The van der Waals surface area contributed by atoms with E-state index < -0.39 is 0 Å². The fourth-order valence-corrected chi connectivity index (χ4v) is 3.25. The van der Waals surface area contributed by atoms with E-state index in [4.69, 9.17) is 9.31 Å². The molecule has 0 bridgehead atoms. The van der Waals surface area contributed by atoms with E-state index in [1.165, 1.54) is 32.1 Å². The Morgan fingerprint density at radius 3 is 2.19 bits per heavy atom. The van der Waals surface area contributed by atoms with Gasteiger partial charge in [0.25, 0.3) is 0 Å². The average molecular weight is 292 g/mol. The summed E-state index contributed by atoms with van der Waals surface area (Å²) in [6.07, 6.45) is 11.4. The van der Waals surface area contributed by atoms with Gasteiger partial charge in [-0.3, -0.25) is 0 Å². The highest BCUT2D eigenvalue weighted by atomic mass is 16.7. The molecule has 0 unspecified atom stereocenters.